The van der Waals surface area contributed by atoms with E-state index in [1.807, 2.05) is 0 Å². The average Bonchev–Trinajstić information content (AvgIpc) is 3.18. The number of amides is 1. The Morgan fingerprint density at radius 2 is 2.00 bits per heavy atom. The van der Waals surface area contributed by atoms with E-state index in [0.717, 1.165) is 55.5 Å². The van der Waals surface area contributed by atoms with Crippen molar-refractivity contribution in [3.8, 4) is 0 Å². The van der Waals surface area contributed by atoms with Crippen LogP contribution in [0.25, 0.3) is 0 Å². The molecule has 0 radical (unpaired) electrons. The van der Waals surface area contributed by atoms with Crippen molar-refractivity contribution in [2.75, 3.05) is 13.1 Å². The van der Waals surface area contributed by atoms with Crippen molar-refractivity contribution in [1.29, 1.82) is 0 Å². The van der Waals surface area contributed by atoms with Gasteiger partial charge in [0.1, 0.15) is 0 Å². The Morgan fingerprint density at radius 1 is 1.10 bits per heavy atom. The second kappa shape index (κ2) is 5.32. The maximum absolute atomic E-state index is 12.2. The Morgan fingerprint density at radius 3 is 2.85 bits per heavy atom. The van der Waals surface area contributed by atoms with Crippen LogP contribution in [0.5, 0.6) is 0 Å². The van der Waals surface area contributed by atoms with Gasteiger partial charge in [-0.25, -0.2) is 0 Å². The van der Waals surface area contributed by atoms with Crippen LogP contribution >= 0.6 is 0 Å². The van der Waals surface area contributed by atoms with E-state index in [9.17, 15) is 4.79 Å². The highest BCUT2D eigenvalue weighted by Gasteiger charge is 2.53. The molecule has 3 nitrogen and oxygen atoms in total. The highest BCUT2D eigenvalue weighted by molar-refractivity contribution is 5.76. The molecule has 6 atom stereocenters. The fourth-order valence-corrected chi connectivity index (χ4v) is 5.81. The maximum Gasteiger partial charge on any atom is 0.220 e. The van der Waals surface area contributed by atoms with Gasteiger partial charge < -0.3 is 10.6 Å². The molecule has 6 unspecified atom stereocenters. The van der Waals surface area contributed by atoms with E-state index in [4.69, 9.17) is 0 Å². The first kappa shape index (κ1) is 13.1. The van der Waals surface area contributed by atoms with E-state index < -0.39 is 0 Å². The zero-order chi connectivity index (χ0) is 13.5. The van der Waals surface area contributed by atoms with Crippen LogP contribution in [0.3, 0.4) is 0 Å². The Kier molecular flexibility index (Phi) is 3.49. The predicted molar refractivity (Wildman–Crippen MR) is 79.2 cm³/mol. The van der Waals surface area contributed by atoms with Crippen LogP contribution < -0.4 is 10.6 Å². The van der Waals surface area contributed by atoms with Gasteiger partial charge in [-0.2, -0.15) is 0 Å². The minimum Gasteiger partial charge on any atom is -0.353 e. The molecule has 2 bridgehead atoms. The van der Waals surface area contributed by atoms with Crippen LogP contribution in [0, 0.1) is 29.6 Å². The molecule has 0 aromatic carbocycles. The fourth-order valence-electron chi connectivity index (χ4n) is 5.81. The molecule has 3 saturated carbocycles. The third-order valence-corrected chi connectivity index (χ3v) is 6.72. The van der Waals surface area contributed by atoms with Gasteiger partial charge in [0.2, 0.25) is 5.91 Å². The summed E-state index contributed by atoms with van der Waals surface area (Å²) in [5.74, 6) is 4.81. The second-order valence-electron chi connectivity index (χ2n) is 7.73. The van der Waals surface area contributed by atoms with E-state index in [-0.39, 0.29) is 0 Å². The number of rotatable bonds is 4. The Bertz CT molecular complexity index is 377. The van der Waals surface area contributed by atoms with E-state index in [2.05, 4.69) is 10.6 Å². The molecular formula is C17H28N2O. The number of carbonyl (C=O) groups excluding carboxylic acids is 1. The molecule has 4 fully saturated rings. The summed E-state index contributed by atoms with van der Waals surface area (Å²) in [6.45, 7) is 2.26. The summed E-state index contributed by atoms with van der Waals surface area (Å²) in [6.07, 6.45) is 10.1. The van der Waals surface area contributed by atoms with Gasteiger partial charge in [-0.05, 0) is 81.2 Å². The molecule has 112 valence electrons. The monoisotopic (exact) mass is 276 g/mol. The molecule has 1 saturated heterocycles. The van der Waals surface area contributed by atoms with Gasteiger partial charge in [0.25, 0.3) is 0 Å². The summed E-state index contributed by atoms with van der Waals surface area (Å²) in [4.78, 5) is 12.2. The SMILES string of the molecule is O=C(CCC1CCNC1)NC1CC2CC1C1CCCC21. The summed E-state index contributed by atoms with van der Waals surface area (Å²) in [5.41, 5.74) is 0. The molecular weight excluding hydrogens is 248 g/mol. The first-order valence-corrected chi connectivity index (χ1v) is 8.81. The van der Waals surface area contributed by atoms with Crippen LogP contribution in [0.4, 0.5) is 0 Å². The average molecular weight is 276 g/mol. The number of hydrogen-bond acceptors (Lipinski definition) is 2. The van der Waals surface area contributed by atoms with Gasteiger partial charge >= 0.3 is 0 Å². The minimum absolute atomic E-state index is 0.323. The van der Waals surface area contributed by atoms with Crippen molar-refractivity contribution in [2.24, 2.45) is 29.6 Å². The third kappa shape index (κ3) is 2.28. The largest absolute Gasteiger partial charge is 0.353 e. The van der Waals surface area contributed by atoms with Crippen molar-refractivity contribution >= 4 is 5.91 Å². The summed E-state index contributed by atoms with van der Waals surface area (Å²) in [5, 5.41) is 6.77. The molecule has 4 aliphatic rings. The lowest BCUT2D eigenvalue weighted by Crippen LogP contribution is -2.42. The topological polar surface area (TPSA) is 41.1 Å². The third-order valence-electron chi connectivity index (χ3n) is 6.72. The predicted octanol–water partition coefficient (Wildman–Crippen LogP) is 2.32. The van der Waals surface area contributed by atoms with Crippen LogP contribution in [-0.2, 0) is 4.79 Å². The molecule has 4 rings (SSSR count). The number of hydrogen-bond donors (Lipinski definition) is 2. The second-order valence-corrected chi connectivity index (χ2v) is 7.73. The van der Waals surface area contributed by atoms with Crippen molar-refractivity contribution in [1.82, 2.24) is 10.6 Å². The van der Waals surface area contributed by atoms with Crippen LogP contribution in [0.2, 0.25) is 0 Å². The van der Waals surface area contributed by atoms with Crippen LogP contribution in [-0.4, -0.2) is 25.0 Å². The highest BCUT2D eigenvalue weighted by atomic mass is 16.1. The Hall–Kier alpha value is -0.570. The number of nitrogens with one attached hydrogen (secondary N) is 2. The quantitative estimate of drug-likeness (QED) is 0.827. The van der Waals surface area contributed by atoms with Gasteiger partial charge in [-0.1, -0.05) is 6.42 Å². The van der Waals surface area contributed by atoms with Gasteiger partial charge in [-0.15, -0.1) is 0 Å². The van der Waals surface area contributed by atoms with Crippen molar-refractivity contribution in [3.63, 3.8) is 0 Å². The van der Waals surface area contributed by atoms with Crippen molar-refractivity contribution in [3.05, 3.63) is 0 Å². The fraction of sp³-hybridized carbons (Fsp3) is 0.941. The molecule has 1 heterocycles. The van der Waals surface area contributed by atoms with Gasteiger partial charge in [-0.3, -0.25) is 4.79 Å². The molecule has 1 amide bonds. The Labute approximate surface area is 122 Å². The van der Waals surface area contributed by atoms with Gasteiger partial charge in [0, 0.05) is 12.5 Å². The number of carbonyl (C=O) groups is 1. The highest BCUT2D eigenvalue weighted by Crippen LogP contribution is 2.58. The number of fused-ring (bicyclic) bond motifs is 5. The lowest BCUT2D eigenvalue weighted by molar-refractivity contribution is -0.122. The summed E-state index contributed by atoms with van der Waals surface area (Å²) in [6, 6.07) is 0.522. The van der Waals surface area contributed by atoms with E-state index >= 15 is 0 Å². The lowest BCUT2D eigenvalue weighted by atomic mass is 9.79. The van der Waals surface area contributed by atoms with E-state index in [1.54, 1.807) is 0 Å². The standard InChI is InChI=1S/C17H28N2O/c20-17(5-4-11-6-7-18-10-11)19-16-9-12-8-15(16)14-3-1-2-13(12)14/h11-16,18H,1-10H2,(H,19,20). The molecule has 2 N–H and O–H groups in total. The Balaban J connectivity index is 1.26. The molecule has 0 spiro atoms. The minimum atomic E-state index is 0.323. The molecule has 1 aliphatic heterocycles. The summed E-state index contributed by atoms with van der Waals surface area (Å²) >= 11 is 0. The molecule has 0 aromatic heterocycles. The van der Waals surface area contributed by atoms with Gasteiger partial charge in [0.15, 0.2) is 0 Å². The molecule has 0 aromatic rings. The molecule has 3 heteroatoms. The summed E-state index contributed by atoms with van der Waals surface area (Å²) < 4.78 is 0. The van der Waals surface area contributed by atoms with E-state index in [0.29, 0.717) is 11.9 Å². The lowest BCUT2D eigenvalue weighted by Gasteiger charge is -2.32. The van der Waals surface area contributed by atoms with Crippen LogP contribution in [0.15, 0.2) is 0 Å². The van der Waals surface area contributed by atoms with E-state index in [1.165, 1.54) is 38.5 Å². The normalized spacial score (nSPS) is 45.8. The summed E-state index contributed by atoms with van der Waals surface area (Å²) in [7, 11) is 0. The zero-order valence-corrected chi connectivity index (χ0v) is 12.4. The maximum atomic E-state index is 12.2. The molecule has 20 heavy (non-hydrogen) atoms. The molecule has 3 aliphatic carbocycles. The zero-order valence-electron chi connectivity index (χ0n) is 12.4. The van der Waals surface area contributed by atoms with Gasteiger partial charge in [0.05, 0.1) is 0 Å². The van der Waals surface area contributed by atoms with Crippen molar-refractivity contribution in [2.45, 2.75) is 57.4 Å². The first-order chi connectivity index (χ1) is 9.81. The first-order valence-electron chi connectivity index (χ1n) is 8.81. The van der Waals surface area contributed by atoms with Crippen molar-refractivity contribution < 1.29 is 4.79 Å². The smallest absolute Gasteiger partial charge is 0.220 e. The van der Waals surface area contributed by atoms with Crippen LogP contribution in [0.1, 0.15) is 51.4 Å².